The lowest BCUT2D eigenvalue weighted by Crippen LogP contribution is -2.44. The zero-order chi connectivity index (χ0) is 18.3. The average molecular weight is 356 g/mol. The predicted octanol–water partition coefficient (Wildman–Crippen LogP) is 4.51. The maximum Gasteiger partial charge on any atom is 0.407 e. The van der Waals surface area contributed by atoms with Crippen LogP contribution in [-0.4, -0.2) is 34.4 Å². The quantitative estimate of drug-likeness (QED) is 0.540. The van der Waals surface area contributed by atoms with Crippen molar-refractivity contribution in [1.29, 1.82) is 0 Å². The lowest BCUT2D eigenvalue weighted by atomic mass is 9.71. The number of nitrogens with one attached hydrogen (secondary N) is 1. The van der Waals surface area contributed by atoms with Crippen molar-refractivity contribution in [3.8, 4) is 0 Å². The second-order valence-electron chi connectivity index (χ2n) is 8.41. The topological polar surface area (TPSA) is 47.6 Å². The minimum absolute atomic E-state index is 0.129. The van der Waals surface area contributed by atoms with Crippen LogP contribution in [0.4, 0.5) is 4.79 Å². The van der Waals surface area contributed by atoms with Gasteiger partial charge in [-0.25, -0.2) is 4.79 Å². The third-order valence-corrected chi connectivity index (χ3v) is 5.83. The number of amides is 1. The van der Waals surface area contributed by atoms with Gasteiger partial charge < -0.3 is 14.5 Å². The Bertz CT molecular complexity index is 398. The van der Waals surface area contributed by atoms with Crippen LogP contribution in [0.25, 0.3) is 0 Å². The Balaban J connectivity index is 2.68. The lowest BCUT2D eigenvalue weighted by molar-refractivity contribution is 0.00863. The number of hydrogen-bond donors (Lipinski definition) is 1. The summed E-state index contributed by atoms with van der Waals surface area (Å²) < 4.78 is 11.2. The summed E-state index contributed by atoms with van der Waals surface area (Å²) in [4.78, 5) is 11.6. The van der Waals surface area contributed by atoms with Crippen LogP contribution in [0, 0.1) is 17.3 Å². The first kappa shape index (κ1) is 21.2. The molecule has 4 nitrogen and oxygen atoms in total. The highest BCUT2D eigenvalue weighted by molar-refractivity contribution is 6.48. The van der Waals surface area contributed by atoms with E-state index in [1.165, 1.54) is 20.0 Å². The molecule has 0 saturated heterocycles. The largest absolute Gasteiger partial charge is 0.453 e. The standard InChI is InChI=1S/C19H37NO3Si/c1-8-9-16(20-18(21)22-5)14-10-12-15(13-11-14)17(19(2,3)4)23-24(6)7/h8,14-17,24H,1,9-13H2,2-7H3,(H,20,21)/t14?,15?,16-,17?/m1/s1. The SMILES string of the molecule is C=CC[C@@H](NC(=O)OC)C1CCC(C(O[SiH](C)C)C(C)(C)C)CC1. The fourth-order valence-electron chi connectivity index (χ4n) is 3.92. The van der Waals surface area contributed by atoms with Crippen molar-refractivity contribution in [2.45, 2.75) is 78.1 Å². The first-order valence-electron chi connectivity index (χ1n) is 9.29. The number of methoxy groups -OCH3 is 1. The van der Waals surface area contributed by atoms with Gasteiger partial charge in [0.15, 0.2) is 9.04 Å². The monoisotopic (exact) mass is 355 g/mol. The van der Waals surface area contributed by atoms with E-state index in [9.17, 15) is 4.79 Å². The van der Waals surface area contributed by atoms with Gasteiger partial charge in [0.25, 0.3) is 0 Å². The molecule has 0 aromatic heterocycles. The third kappa shape index (κ3) is 6.59. The van der Waals surface area contributed by atoms with E-state index >= 15 is 0 Å². The van der Waals surface area contributed by atoms with Crippen molar-refractivity contribution in [2.75, 3.05) is 7.11 Å². The fourth-order valence-corrected chi connectivity index (χ4v) is 5.14. The normalized spacial score (nSPS) is 24.3. The van der Waals surface area contributed by atoms with Gasteiger partial charge in [0.1, 0.15) is 0 Å². The molecule has 1 aliphatic rings. The molecule has 0 aromatic carbocycles. The number of carbonyl (C=O) groups is 1. The Morgan fingerprint density at radius 3 is 2.21 bits per heavy atom. The van der Waals surface area contributed by atoms with E-state index in [0.717, 1.165) is 19.3 Å². The molecule has 140 valence electrons. The summed E-state index contributed by atoms with van der Waals surface area (Å²) in [6.45, 7) is 15.2. The number of rotatable bonds is 7. The van der Waals surface area contributed by atoms with E-state index in [2.05, 4.69) is 45.8 Å². The smallest absolute Gasteiger partial charge is 0.407 e. The zero-order valence-corrected chi connectivity index (χ0v) is 17.6. The van der Waals surface area contributed by atoms with Crippen LogP contribution in [0.5, 0.6) is 0 Å². The Hall–Kier alpha value is -0.813. The minimum atomic E-state index is -1.06. The summed E-state index contributed by atoms with van der Waals surface area (Å²) in [5.74, 6) is 1.12. The molecule has 0 spiro atoms. The maximum atomic E-state index is 11.6. The van der Waals surface area contributed by atoms with Gasteiger partial charge in [0.2, 0.25) is 0 Å². The Morgan fingerprint density at radius 2 is 1.79 bits per heavy atom. The highest BCUT2D eigenvalue weighted by Crippen LogP contribution is 2.40. The molecule has 0 heterocycles. The van der Waals surface area contributed by atoms with Crippen LogP contribution in [-0.2, 0) is 9.16 Å². The van der Waals surface area contributed by atoms with Crippen LogP contribution < -0.4 is 5.32 Å². The molecule has 0 radical (unpaired) electrons. The predicted molar refractivity (Wildman–Crippen MR) is 103 cm³/mol. The number of hydrogen-bond acceptors (Lipinski definition) is 3. The van der Waals surface area contributed by atoms with Gasteiger partial charge in [-0.05, 0) is 62.4 Å². The van der Waals surface area contributed by atoms with Gasteiger partial charge in [-0.1, -0.05) is 26.8 Å². The summed E-state index contributed by atoms with van der Waals surface area (Å²) in [5.41, 5.74) is 0.180. The molecule has 24 heavy (non-hydrogen) atoms. The van der Waals surface area contributed by atoms with E-state index < -0.39 is 9.04 Å². The van der Waals surface area contributed by atoms with Crippen molar-refractivity contribution in [2.24, 2.45) is 17.3 Å². The molecular formula is C19H37NO3Si. The van der Waals surface area contributed by atoms with E-state index in [1.54, 1.807) is 0 Å². The summed E-state index contributed by atoms with van der Waals surface area (Å²) in [6, 6.07) is 0.129. The molecule has 1 aliphatic carbocycles. The molecule has 0 aliphatic heterocycles. The first-order chi connectivity index (χ1) is 11.2. The highest BCUT2D eigenvalue weighted by Gasteiger charge is 2.37. The first-order valence-corrected chi connectivity index (χ1v) is 12.1. The van der Waals surface area contributed by atoms with Crippen molar-refractivity contribution in [3.05, 3.63) is 12.7 Å². The van der Waals surface area contributed by atoms with Crippen LogP contribution >= 0.6 is 0 Å². The van der Waals surface area contributed by atoms with Gasteiger partial charge in [-0.15, -0.1) is 6.58 Å². The summed E-state index contributed by atoms with van der Waals surface area (Å²) in [7, 11) is 0.358. The molecule has 1 fully saturated rings. The molecule has 1 amide bonds. The second kappa shape index (κ2) is 9.61. The molecular weight excluding hydrogens is 318 g/mol. The van der Waals surface area contributed by atoms with Crippen molar-refractivity contribution < 1.29 is 14.0 Å². The third-order valence-electron chi connectivity index (χ3n) is 5.00. The van der Waals surface area contributed by atoms with E-state index in [-0.39, 0.29) is 17.6 Å². The van der Waals surface area contributed by atoms with E-state index in [0.29, 0.717) is 17.9 Å². The van der Waals surface area contributed by atoms with E-state index in [4.69, 9.17) is 9.16 Å². The molecule has 0 aromatic rings. The molecule has 2 atom stereocenters. The summed E-state index contributed by atoms with van der Waals surface area (Å²) in [5, 5.41) is 2.99. The summed E-state index contributed by atoms with van der Waals surface area (Å²) in [6.07, 6.45) is 7.28. The summed E-state index contributed by atoms with van der Waals surface area (Å²) >= 11 is 0. The van der Waals surface area contributed by atoms with Crippen molar-refractivity contribution in [1.82, 2.24) is 5.32 Å². The van der Waals surface area contributed by atoms with Crippen LogP contribution in [0.15, 0.2) is 12.7 Å². The zero-order valence-electron chi connectivity index (χ0n) is 16.4. The molecule has 1 rings (SSSR count). The molecule has 1 unspecified atom stereocenters. The van der Waals surface area contributed by atoms with E-state index in [1.807, 2.05) is 6.08 Å². The molecule has 1 saturated carbocycles. The fraction of sp³-hybridized carbons (Fsp3) is 0.842. The van der Waals surface area contributed by atoms with Gasteiger partial charge >= 0.3 is 6.09 Å². The van der Waals surface area contributed by atoms with Gasteiger partial charge in [-0.2, -0.15) is 0 Å². The van der Waals surface area contributed by atoms with Crippen molar-refractivity contribution in [3.63, 3.8) is 0 Å². The second-order valence-corrected chi connectivity index (χ2v) is 10.8. The maximum absolute atomic E-state index is 11.6. The van der Waals surface area contributed by atoms with Crippen LogP contribution in [0.1, 0.15) is 52.9 Å². The number of carbonyl (C=O) groups excluding carboxylic acids is 1. The number of ether oxygens (including phenoxy) is 1. The average Bonchev–Trinajstić information content (AvgIpc) is 2.51. The molecule has 1 N–H and O–H groups in total. The van der Waals surface area contributed by atoms with Gasteiger partial charge in [-0.3, -0.25) is 0 Å². The van der Waals surface area contributed by atoms with Crippen molar-refractivity contribution >= 4 is 15.1 Å². The van der Waals surface area contributed by atoms with Crippen LogP contribution in [0.2, 0.25) is 13.1 Å². The van der Waals surface area contributed by atoms with Gasteiger partial charge in [0.05, 0.1) is 13.2 Å². The lowest BCUT2D eigenvalue weighted by Gasteiger charge is -2.42. The Morgan fingerprint density at radius 1 is 1.25 bits per heavy atom. The molecule has 0 bridgehead atoms. The highest BCUT2D eigenvalue weighted by atomic mass is 28.3. The Kier molecular flexibility index (Phi) is 8.50. The number of alkyl carbamates (subject to hydrolysis) is 1. The van der Waals surface area contributed by atoms with Crippen LogP contribution in [0.3, 0.4) is 0 Å². The molecule has 5 heteroatoms. The Labute approximate surface area is 150 Å². The van der Waals surface area contributed by atoms with Gasteiger partial charge in [0, 0.05) is 6.04 Å². The minimum Gasteiger partial charge on any atom is -0.453 e.